The SMILES string of the molecule is CCn1nccc1-c1cc(-c2ccc3c(cnn3C)c2)[nH]n1. The molecule has 0 saturated heterocycles. The Morgan fingerprint density at radius 3 is 2.91 bits per heavy atom. The van der Waals surface area contributed by atoms with E-state index in [1.54, 1.807) is 6.20 Å². The summed E-state index contributed by atoms with van der Waals surface area (Å²) in [6, 6.07) is 10.3. The number of hydrogen-bond donors (Lipinski definition) is 1. The minimum Gasteiger partial charge on any atom is -0.277 e. The molecule has 0 aliphatic rings. The van der Waals surface area contributed by atoms with Crippen LogP contribution in [0.15, 0.2) is 42.7 Å². The summed E-state index contributed by atoms with van der Waals surface area (Å²) in [5.74, 6) is 0. The van der Waals surface area contributed by atoms with Crippen LogP contribution in [0.4, 0.5) is 0 Å². The van der Waals surface area contributed by atoms with Crippen molar-refractivity contribution in [2.75, 3.05) is 0 Å². The quantitative estimate of drug-likeness (QED) is 0.631. The van der Waals surface area contributed by atoms with Gasteiger partial charge in [-0.1, -0.05) is 6.07 Å². The van der Waals surface area contributed by atoms with Crippen LogP contribution in [0.3, 0.4) is 0 Å². The molecule has 0 atom stereocenters. The molecule has 1 N–H and O–H groups in total. The van der Waals surface area contributed by atoms with Crippen molar-refractivity contribution >= 4 is 10.9 Å². The Kier molecular flexibility index (Phi) is 2.82. The molecule has 0 aliphatic heterocycles. The van der Waals surface area contributed by atoms with Crippen LogP contribution in [0.5, 0.6) is 0 Å². The third kappa shape index (κ3) is 1.92. The number of fused-ring (bicyclic) bond motifs is 1. The van der Waals surface area contributed by atoms with Gasteiger partial charge in [-0.2, -0.15) is 15.3 Å². The maximum atomic E-state index is 4.42. The lowest BCUT2D eigenvalue weighted by atomic mass is 10.1. The average molecular weight is 292 g/mol. The van der Waals surface area contributed by atoms with E-state index in [0.717, 1.165) is 40.1 Å². The molecule has 0 aliphatic carbocycles. The van der Waals surface area contributed by atoms with Crippen molar-refractivity contribution < 1.29 is 0 Å². The fourth-order valence-corrected chi connectivity index (χ4v) is 2.73. The van der Waals surface area contributed by atoms with E-state index in [1.807, 2.05) is 28.7 Å². The van der Waals surface area contributed by atoms with E-state index >= 15 is 0 Å². The molecule has 6 nitrogen and oxygen atoms in total. The van der Waals surface area contributed by atoms with Gasteiger partial charge in [-0.05, 0) is 31.2 Å². The maximum absolute atomic E-state index is 4.42. The standard InChI is InChI=1S/C16H16N6/c1-3-22-16(6-7-17-22)14-9-13(19-20-14)11-4-5-15-12(8-11)10-18-21(15)2/h4-10H,3H2,1-2H3,(H,19,20). The van der Waals surface area contributed by atoms with Gasteiger partial charge in [-0.25, -0.2) is 0 Å². The molecule has 0 fully saturated rings. The maximum Gasteiger partial charge on any atom is 0.111 e. The number of nitrogens with one attached hydrogen (secondary N) is 1. The molecule has 6 heteroatoms. The van der Waals surface area contributed by atoms with Gasteiger partial charge in [0.15, 0.2) is 0 Å². The summed E-state index contributed by atoms with van der Waals surface area (Å²) in [5.41, 5.74) is 5.13. The second-order valence-corrected chi connectivity index (χ2v) is 5.24. The summed E-state index contributed by atoms with van der Waals surface area (Å²) in [6.45, 7) is 2.90. The van der Waals surface area contributed by atoms with Crippen molar-refractivity contribution in [2.24, 2.45) is 7.05 Å². The Labute approximate surface area is 127 Å². The molecule has 4 aromatic rings. The van der Waals surface area contributed by atoms with Gasteiger partial charge in [0.2, 0.25) is 0 Å². The van der Waals surface area contributed by atoms with E-state index in [9.17, 15) is 0 Å². The van der Waals surface area contributed by atoms with E-state index in [2.05, 4.69) is 51.6 Å². The third-order valence-electron chi connectivity index (χ3n) is 3.91. The van der Waals surface area contributed by atoms with Crippen molar-refractivity contribution in [1.29, 1.82) is 0 Å². The first-order valence-electron chi connectivity index (χ1n) is 7.26. The summed E-state index contributed by atoms with van der Waals surface area (Å²) in [6.07, 6.45) is 3.68. The second kappa shape index (κ2) is 4.84. The van der Waals surface area contributed by atoms with Crippen LogP contribution in [0.2, 0.25) is 0 Å². The van der Waals surface area contributed by atoms with Crippen molar-refractivity contribution in [3.8, 4) is 22.6 Å². The number of benzene rings is 1. The highest BCUT2D eigenvalue weighted by atomic mass is 15.3. The number of aromatic nitrogens is 6. The third-order valence-corrected chi connectivity index (χ3v) is 3.91. The fourth-order valence-electron chi connectivity index (χ4n) is 2.73. The fraction of sp³-hybridized carbons (Fsp3) is 0.188. The first kappa shape index (κ1) is 12.8. The highest BCUT2D eigenvalue weighted by molar-refractivity contribution is 5.84. The molecule has 0 bridgehead atoms. The number of aromatic amines is 1. The summed E-state index contributed by atoms with van der Waals surface area (Å²) >= 11 is 0. The number of hydrogen-bond acceptors (Lipinski definition) is 3. The normalized spacial score (nSPS) is 11.4. The monoisotopic (exact) mass is 292 g/mol. The Morgan fingerprint density at radius 1 is 1.14 bits per heavy atom. The van der Waals surface area contributed by atoms with Gasteiger partial charge in [-0.15, -0.1) is 0 Å². The highest BCUT2D eigenvalue weighted by Gasteiger charge is 2.10. The highest BCUT2D eigenvalue weighted by Crippen LogP contribution is 2.26. The summed E-state index contributed by atoms with van der Waals surface area (Å²) in [7, 11) is 1.95. The number of aryl methyl sites for hydroxylation is 2. The van der Waals surface area contributed by atoms with E-state index in [1.165, 1.54) is 0 Å². The molecule has 3 aromatic heterocycles. The molecule has 4 rings (SSSR count). The lowest BCUT2D eigenvalue weighted by Crippen LogP contribution is -1.98. The van der Waals surface area contributed by atoms with Crippen molar-refractivity contribution in [1.82, 2.24) is 29.8 Å². The van der Waals surface area contributed by atoms with Gasteiger partial charge in [0.1, 0.15) is 5.69 Å². The first-order chi connectivity index (χ1) is 10.8. The second-order valence-electron chi connectivity index (χ2n) is 5.24. The zero-order chi connectivity index (χ0) is 15.1. The number of rotatable bonds is 3. The molecular formula is C16H16N6. The van der Waals surface area contributed by atoms with E-state index in [-0.39, 0.29) is 0 Å². The number of H-pyrrole nitrogens is 1. The van der Waals surface area contributed by atoms with Crippen molar-refractivity contribution in [3.05, 3.63) is 42.7 Å². The number of nitrogens with zero attached hydrogens (tertiary/aromatic N) is 5. The van der Waals surface area contributed by atoms with Gasteiger partial charge < -0.3 is 0 Å². The van der Waals surface area contributed by atoms with Crippen LogP contribution in [0.25, 0.3) is 33.5 Å². The van der Waals surface area contributed by atoms with E-state index in [4.69, 9.17) is 0 Å². The predicted molar refractivity (Wildman–Crippen MR) is 85.2 cm³/mol. The lowest BCUT2D eigenvalue weighted by Gasteiger charge is -2.00. The lowest BCUT2D eigenvalue weighted by molar-refractivity contribution is 0.665. The van der Waals surface area contributed by atoms with Gasteiger partial charge in [0.25, 0.3) is 0 Å². The van der Waals surface area contributed by atoms with Crippen LogP contribution in [-0.2, 0) is 13.6 Å². The van der Waals surface area contributed by atoms with Crippen LogP contribution in [-0.4, -0.2) is 29.8 Å². The molecule has 0 saturated carbocycles. The summed E-state index contributed by atoms with van der Waals surface area (Å²) in [4.78, 5) is 0. The van der Waals surface area contributed by atoms with Crippen LogP contribution >= 0.6 is 0 Å². The Morgan fingerprint density at radius 2 is 2.05 bits per heavy atom. The molecule has 22 heavy (non-hydrogen) atoms. The Balaban J connectivity index is 1.76. The van der Waals surface area contributed by atoms with Gasteiger partial charge >= 0.3 is 0 Å². The van der Waals surface area contributed by atoms with E-state index in [0.29, 0.717) is 0 Å². The first-order valence-corrected chi connectivity index (χ1v) is 7.26. The zero-order valence-electron chi connectivity index (χ0n) is 12.5. The largest absolute Gasteiger partial charge is 0.277 e. The topological polar surface area (TPSA) is 64.3 Å². The van der Waals surface area contributed by atoms with Crippen LogP contribution in [0.1, 0.15) is 6.92 Å². The van der Waals surface area contributed by atoms with E-state index < -0.39 is 0 Å². The molecule has 1 aromatic carbocycles. The van der Waals surface area contributed by atoms with Gasteiger partial charge in [-0.3, -0.25) is 14.5 Å². The van der Waals surface area contributed by atoms with Gasteiger partial charge in [0.05, 0.1) is 23.1 Å². The molecule has 0 unspecified atom stereocenters. The minimum atomic E-state index is 0.826. The van der Waals surface area contributed by atoms with Gasteiger partial charge in [0, 0.05) is 30.7 Å². The molecule has 3 heterocycles. The summed E-state index contributed by atoms with van der Waals surface area (Å²) in [5, 5.41) is 17.2. The smallest absolute Gasteiger partial charge is 0.111 e. The van der Waals surface area contributed by atoms with Crippen LogP contribution < -0.4 is 0 Å². The molecule has 110 valence electrons. The Bertz CT molecular complexity index is 943. The molecule has 0 spiro atoms. The minimum absolute atomic E-state index is 0.826. The van der Waals surface area contributed by atoms with Crippen molar-refractivity contribution in [2.45, 2.75) is 13.5 Å². The average Bonchev–Trinajstić information content (AvgIpc) is 3.25. The van der Waals surface area contributed by atoms with Crippen molar-refractivity contribution in [3.63, 3.8) is 0 Å². The van der Waals surface area contributed by atoms with Crippen LogP contribution in [0, 0.1) is 0 Å². The molecular weight excluding hydrogens is 276 g/mol. The molecule has 0 amide bonds. The Hall–Kier alpha value is -2.89. The summed E-state index contributed by atoms with van der Waals surface area (Å²) < 4.78 is 3.81. The predicted octanol–water partition coefficient (Wildman–Crippen LogP) is 2.85. The zero-order valence-corrected chi connectivity index (χ0v) is 12.5. The molecule has 0 radical (unpaired) electrons.